The van der Waals surface area contributed by atoms with Crippen molar-refractivity contribution < 1.29 is 19.5 Å². The van der Waals surface area contributed by atoms with Crippen molar-refractivity contribution in [1.29, 1.82) is 0 Å². The summed E-state index contributed by atoms with van der Waals surface area (Å²) in [5.74, 6) is -1.38. The van der Waals surface area contributed by atoms with E-state index in [0.29, 0.717) is 23.9 Å². The Kier molecular flexibility index (Phi) is 5.89. The number of amides is 1. The summed E-state index contributed by atoms with van der Waals surface area (Å²) >= 11 is 0. The van der Waals surface area contributed by atoms with Crippen molar-refractivity contribution in [2.45, 2.75) is 32.2 Å². The predicted molar refractivity (Wildman–Crippen MR) is 106 cm³/mol. The molecule has 1 amide bonds. The van der Waals surface area contributed by atoms with E-state index < -0.39 is 17.9 Å². The van der Waals surface area contributed by atoms with Crippen LogP contribution in [0.5, 0.6) is 0 Å². The van der Waals surface area contributed by atoms with E-state index in [-0.39, 0.29) is 12.2 Å². The van der Waals surface area contributed by atoms with E-state index in [2.05, 4.69) is 10.3 Å². The Balaban J connectivity index is 1.72. The van der Waals surface area contributed by atoms with Gasteiger partial charge in [0.1, 0.15) is 11.8 Å². The normalized spacial score (nSPS) is 11.9. The Morgan fingerprint density at radius 3 is 2.43 bits per heavy atom. The van der Waals surface area contributed by atoms with Gasteiger partial charge < -0.3 is 15.4 Å². The van der Waals surface area contributed by atoms with Gasteiger partial charge in [0, 0.05) is 30.8 Å². The van der Waals surface area contributed by atoms with E-state index in [0.717, 1.165) is 16.5 Å². The van der Waals surface area contributed by atoms with Gasteiger partial charge in [0.15, 0.2) is 0 Å². The molecule has 1 atom stereocenters. The minimum atomic E-state index is -1.10. The summed E-state index contributed by atoms with van der Waals surface area (Å²) in [4.78, 5) is 38.9. The van der Waals surface area contributed by atoms with Crippen LogP contribution in [-0.2, 0) is 22.4 Å². The van der Waals surface area contributed by atoms with Gasteiger partial charge in [0.05, 0.1) is 11.1 Å². The summed E-state index contributed by atoms with van der Waals surface area (Å²) in [6, 6.07) is 13.3. The number of carbonyl (C=O) groups excluding carboxylic acids is 2. The number of hydrogen-bond donors (Lipinski definition) is 3. The first kappa shape index (κ1) is 19.4. The fraction of sp³-hybridized carbons (Fsp3) is 0.227. The lowest BCUT2D eigenvalue weighted by atomic mass is 10.0. The predicted octanol–water partition coefficient (Wildman–Crippen LogP) is 3.12. The molecule has 6 heteroatoms. The Morgan fingerprint density at radius 2 is 1.75 bits per heavy atom. The summed E-state index contributed by atoms with van der Waals surface area (Å²) in [5, 5.41) is 13.0. The van der Waals surface area contributed by atoms with Gasteiger partial charge in [-0.15, -0.1) is 0 Å². The number of aromatic nitrogens is 1. The Hall–Kier alpha value is -3.41. The molecule has 0 radical (unpaired) electrons. The maximum atomic E-state index is 12.6. The van der Waals surface area contributed by atoms with Crippen LogP contribution >= 0.6 is 0 Å². The zero-order valence-corrected chi connectivity index (χ0v) is 15.6. The second-order valence-corrected chi connectivity index (χ2v) is 6.70. The molecule has 2 aromatic carbocycles. The molecular formula is C22H22N2O4. The average molecular weight is 378 g/mol. The second kappa shape index (κ2) is 8.52. The number of nitrogens with one attached hydrogen (secondary N) is 2. The Morgan fingerprint density at radius 1 is 1.04 bits per heavy atom. The lowest BCUT2D eigenvalue weighted by Crippen LogP contribution is -2.42. The molecule has 0 fully saturated rings. The number of carbonyl (C=O) groups is 3. The van der Waals surface area contributed by atoms with Crippen molar-refractivity contribution in [2.24, 2.45) is 0 Å². The number of carboxylic acids is 1. The lowest BCUT2D eigenvalue weighted by molar-refractivity contribution is -0.139. The highest BCUT2D eigenvalue weighted by Crippen LogP contribution is 2.17. The minimum Gasteiger partial charge on any atom is -0.480 e. The quantitative estimate of drug-likeness (QED) is 0.561. The Labute approximate surface area is 162 Å². The number of carboxylic acid groups (broad SMARTS) is 1. The number of para-hydroxylation sites is 1. The van der Waals surface area contributed by atoms with Crippen molar-refractivity contribution in [3.63, 3.8) is 0 Å². The second-order valence-electron chi connectivity index (χ2n) is 6.70. The van der Waals surface area contributed by atoms with Crippen molar-refractivity contribution in [2.75, 3.05) is 0 Å². The molecule has 1 heterocycles. The minimum absolute atomic E-state index is 0.155. The van der Waals surface area contributed by atoms with Gasteiger partial charge in [-0.2, -0.15) is 0 Å². The van der Waals surface area contributed by atoms with Gasteiger partial charge in [0.25, 0.3) is 5.91 Å². The highest BCUT2D eigenvalue weighted by molar-refractivity contribution is 6.06. The first-order chi connectivity index (χ1) is 13.5. The molecule has 0 aliphatic rings. The van der Waals surface area contributed by atoms with E-state index >= 15 is 0 Å². The van der Waals surface area contributed by atoms with Crippen molar-refractivity contribution in [1.82, 2.24) is 10.3 Å². The molecule has 144 valence electrons. The number of ketones is 1. The number of H-pyrrole nitrogens is 1. The summed E-state index contributed by atoms with van der Waals surface area (Å²) in [7, 11) is 0. The van der Waals surface area contributed by atoms with Gasteiger partial charge in [0.2, 0.25) is 0 Å². The van der Waals surface area contributed by atoms with Crippen LogP contribution in [0.4, 0.5) is 0 Å². The summed E-state index contributed by atoms with van der Waals surface area (Å²) in [6.07, 6.45) is 2.75. The number of Topliss-reactive ketones (excluding diaryl/α,β-unsaturated/α-hetero) is 1. The van der Waals surface area contributed by atoms with Gasteiger partial charge in [-0.3, -0.25) is 9.59 Å². The fourth-order valence-corrected chi connectivity index (χ4v) is 3.09. The van der Waals surface area contributed by atoms with Crippen LogP contribution in [0.1, 0.15) is 34.8 Å². The molecule has 3 rings (SSSR count). The number of hydrogen-bond acceptors (Lipinski definition) is 3. The third-order valence-electron chi connectivity index (χ3n) is 4.69. The highest BCUT2D eigenvalue weighted by Gasteiger charge is 2.22. The van der Waals surface area contributed by atoms with Gasteiger partial charge in [-0.05, 0) is 23.3 Å². The smallest absolute Gasteiger partial charge is 0.326 e. The first-order valence-electron chi connectivity index (χ1n) is 9.17. The maximum absolute atomic E-state index is 12.6. The average Bonchev–Trinajstić information content (AvgIpc) is 3.17. The lowest BCUT2D eigenvalue weighted by Gasteiger charge is -2.15. The molecule has 0 saturated carbocycles. The number of aliphatic carboxylic acids is 1. The molecule has 0 spiro atoms. The van der Waals surface area contributed by atoms with Crippen LogP contribution in [-0.4, -0.2) is 33.8 Å². The Bertz CT molecular complexity index is 1000. The van der Waals surface area contributed by atoms with Crippen LogP contribution in [0.2, 0.25) is 0 Å². The molecule has 1 aromatic heterocycles. The molecule has 0 aliphatic carbocycles. The van der Waals surface area contributed by atoms with Gasteiger partial charge in [-0.1, -0.05) is 43.3 Å². The molecule has 6 nitrogen and oxygen atoms in total. The number of benzene rings is 2. The van der Waals surface area contributed by atoms with E-state index in [4.69, 9.17) is 0 Å². The van der Waals surface area contributed by atoms with E-state index in [9.17, 15) is 19.5 Å². The number of aromatic amines is 1. The van der Waals surface area contributed by atoms with Crippen LogP contribution in [0.15, 0.2) is 54.7 Å². The number of fused-ring (bicyclic) bond motifs is 1. The zero-order valence-electron chi connectivity index (χ0n) is 15.6. The molecule has 28 heavy (non-hydrogen) atoms. The van der Waals surface area contributed by atoms with Crippen molar-refractivity contribution >= 4 is 28.6 Å². The van der Waals surface area contributed by atoms with Gasteiger partial charge in [-0.25, -0.2) is 4.79 Å². The molecule has 3 aromatic rings. The summed E-state index contributed by atoms with van der Waals surface area (Å²) < 4.78 is 0. The van der Waals surface area contributed by atoms with Crippen LogP contribution < -0.4 is 5.32 Å². The summed E-state index contributed by atoms with van der Waals surface area (Å²) in [6.45, 7) is 1.82. The third-order valence-corrected chi connectivity index (χ3v) is 4.69. The van der Waals surface area contributed by atoms with Crippen molar-refractivity contribution in [3.8, 4) is 0 Å². The van der Waals surface area contributed by atoms with Crippen LogP contribution in [0, 0.1) is 0 Å². The molecule has 3 N–H and O–H groups in total. The highest BCUT2D eigenvalue weighted by atomic mass is 16.4. The molecule has 0 unspecified atom stereocenters. The van der Waals surface area contributed by atoms with E-state index in [1.807, 2.05) is 31.2 Å². The van der Waals surface area contributed by atoms with Gasteiger partial charge >= 0.3 is 5.97 Å². The van der Waals surface area contributed by atoms with Crippen molar-refractivity contribution in [3.05, 3.63) is 71.4 Å². The number of rotatable bonds is 8. The van der Waals surface area contributed by atoms with E-state index in [1.54, 1.807) is 30.5 Å². The molecule has 0 aliphatic heterocycles. The standard InChI is InChI=1S/C22H22N2O4/c1-2-17(25)12-14-6-8-15(9-7-14)13-19(22(27)28)24-21(26)18-5-3-4-16-10-11-23-20(16)18/h3-11,19,23H,2,12-13H2,1H3,(H,24,26)(H,27,28)/t19-/m0/s1. The first-order valence-corrected chi connectivity index (χ1v) is 9.17. The topological polar surface area (TPSA) is 99.3 Å². The fourth-order valence-electron chi connectivity index (χ4n) is 3.09. The van der Waals surface area contributed by atoms with Crippen LogP contribution in [0.3, 0.4) is 0 Å². The van der Waals surface area contributed by atoms with E-state index in [1.165, 1.54) is 0 Å². The monoisotopic (exact) mass is 378 g/mol. The maximum Gasteiger partial charge on any atom is 0.326 e. The largest absolute Gasteiger partial charge is 0.480 e. The third kappa shape index (κ3) is 4.46. The SMILES string of the molecule is CCC(=O)Cc1ccc(C[C@H](NC(=O)c2cccc3cc[nH]c23)C(=O)O)cc1. The zero-order chi connectivity index (χ0) is 20.1. The van der Waals surface area contributed by atoms with Crippen LogP contribution in [0.25, 0.3) is 10.9 Å². The molecular weight excluding hydrogens is 356 g/mol. The molecule has 0 saturated heterocycles. The summed E-state index contributed by atoms with van der Waals surface area (Å²) in [5.41, 5.74) is 2.75. The molecule has 0 bridgehead atoms.